The number of aliphatic hydroxyl groups is 2. The molecule has 1 aromatic heterocycles. The van der Waals surface area contributed by atoms with Crippen molar-refractivity contribution in [2.75, 3.05) is 26.3 Å². The van der Waals surface area contributed by atoms with Crippen LogP contribution in [0, 0.1) is 5.41 Å². The molecule has 1 unspecified atom stereocenters. The number of aliphatic hydroxyl groups excluding tert-OH is 2. The van der Waals surface area contributed by atoms with Crippen LogP contribution in [0.2, 0.25) is 5.02 Å². The number of carbonyl (C=O) groups is 1. The van der Waals surface area contributed by atoms with E-state index in [0.29, 0.717) is 11.6 Å². The third-order valence-corrected chi connectivity index (χ3v) is 6.69. The summed E-state index contributed by atoms with van der Waals surface area (Å²) in [6.45, 7) is 4.40. The summed E-state index contributed by atoms with van der Waals surface area (Å²) in [5, 5.41) is 24.0. The molecule has 1 saturated heterocycles. The molecule has 9 heteroatoms. The second kappa shape index (κ2) is 8.52. The highest BCUT2D eigenvalue weighted by atomic mass is 35.5. The standard InChI is InChI=1S/C22H29ClN4O4/c1-21(13-28,14-29)12-27-11-15(9-25-27)10-26-6-4-22(5-7-26)18-8-16(23)2-3-17(18)19(31-22)20(24)30/h2-3,8-9,11,19,28-29H,4-7,10,12-14H2,1H3,(H2,24,30). The minimum absolute atomic E-state index is 0.106. The lowest BCUT2D eigenvalue weighted by molar-refractivity contribution is -0.148. The molecule has 2 aromatic rings. The van der Waals surface area contributed by atoms with Gasteiger partial charge in [-0.1, -0.05) is 24.6 Å². The number of nitrogens with two attached hydrogens (primary N) is 1. The van der Waals surface area contributed by atoms with Gasteiger partial charge in [0, 0.05) is 41.8 Å². The molecule has 0 saturated carbocycles. The van der Waals surface area contributed by atoms with Gasteiger partial charge >= 0.3 is 0 Å². The minimum atomic E-state index is -0.732. The van der Waals surface area contributed by atoms with Crippen molar-refractivity contribution < 1.29 is 19.7 Å². The van der Waals surface area contributed by atoms with E-state index in [1.54, 1.807) is 10.7 Å². The zero-order valence-electron chi connectivity index (χ0n) is 17.6. The maximum Gasteiger partial charge on any atom is 0.251 e. The van der Waals surface area contributed by atoms with Gasteiger partial charge < -0.3 is 20.7 Å². The molecule has 8 nitrogen and oxygen atoms in total. The Bertz CT molecular complexity index is 951. The van der Waals surface area contributed by atoms with Gasteiger partial charge in [-0.2, -0.15) is 5.10 Å². The van der Waals surface area contributed by atoms with E-state index < -0.39 is 23.0 Å². The van der Waals surface area contributed by atoms with Crippen LogP contribution >= 0.6 is 11.6 Å². The number of likely N-dealkylation sites (tertiary alicyclic amines) is 1. The number of primary amides is 1. The van der Waals surface area contributed by atoms with E-state index in [1.807, 2.05) is 31.5 Å². The number of rotatable bonds is 7. The summed E-state index contributed by atoms with van der Waals surface area (Å²) in [5.41, 5.74) is 7.31. The van der Waals surface area contributed by atoms with Gasteiger partial charge in [0.1, 0.15) is 0 Å². The first-order valence-corrected chi connectivity index (χ1v) is 10.9. The predicted octanol–water partition coefficient (Wildman–Crippen LogP) is 1.58. The van der Waals surface area contributed by atoms with Crippen molar-refractivity contribution in [3.63, 3.8) is 0 Å². The third-order valence-electron chi connectivity index (χ3n) is 6.45. The number of halogens is 1. The van der Waals surface area contributed by atoms with Gasteiger partial charge in [0.05, 0.1) is 31.6 Å². The molecule has 4 rings (SSSR count). The monoisotopic (exact) mass is 448 g/mol. The van der Waals surface area contributed by atoms with Crippen molar-refractivity contribution in [1.82, 2.24) is 14.7 Å². The van der Waals surface area contributed by atoms with Crippen molar-refractivity contribution >= 4 is 17.5 Å². The van der Waals surface area contributed by atoms with Crippen LogP contribution in [0.5, 0.6) is 0 Å². The topological polar surface area (TPSA) is 114 Å². The van der Waals surface area contributed by atoms with Crippen LogP contribution in [0.15, 0.2) is 30.6 Å². The van der Waals surface area contributed by atoms with Crippen molar-refractivity contribution in [2.24, 2.45) is 11.1 Å². The van der Waals surface area contributed by atoms with Crippen molar-refractivity contribution in [3.8, 4) is 0 Å². The van der Waals surface area contributed by atoms with E-state index in [0.717, 1.165) is 49.2 Å². The number of hydrogen-bond acceptors (Lipinski definition) is 6. The Morgan fingerprint density at radius 1 is 1.35 bits per heavy atom. The normalized spacial score (nSPS) is 20.8. The first-order chi connectivity index (χ1) is 14.8. The van der Waals surface area contributed by atoms with Gasteiger partial charge in [0.15, 0.2) is 6.10 Å². The quantitative estimate of drug-likeness (QED) is 0.592. The molecule has 1 spiro atoms. The van der Waals surface area contributed by atoms with Gasteiger partial charge in [-0.15, -0.1) is 0 Å². The number of fused-ring (bicyclic) bond motifs is 2. The molecule has 0 aliphatic carbocycles. The van der Waals surface area contributed by atoms with Crippen molar-refractivity contribution in [3.05, 3.63) is 52.3 Å². The SMILES string of the molecule is CC(CO)(CO)Cn1cc(CN2CCC3(CC2)OC(C(N)=O)c2ccc(Cl)cc23)cn1. The Balaban J connectivity index is 1.42. The molecule has 1 atom stereocenters. The Kier molecular flexibility index (Phi) is 6.11. The maximum atomic E-state index is 11.9. The second-order valence-electron chi connectivity index (χ2n) is 9.08. The summed E-state index contributed by atoms with van der Waals surface area (Å²) in [5.74, 6) is -0.479. The fourth-order valence-corrected chi connectivity index (χ4v) is 4.72. The average Bonchev–Trinajstić information content (AvgIpc) is 3.32. The molecule has 0 radical (unpaired) electrons. The lowest BCUT2D eigenvalue weighted by Crippen LogP contribution is -2.42. The smallest absolute Gasteiger partial charge is 0.251 e. The van der Waals surface area contributed by atoms with Crippen LogP contribution < -0.4 is 5.73 Å². The molecule has 3 heterocycles. The predicted molar refractivity (Wildman–Crippen MR) is 115 cm³/mol. The molecule has 1 amide bonds. The zero-order chi connectivity index (χ0) is 22.2. The highest BCUT2D eigenvalue weighted by Crippen LogP contribution is 2.50. The fraction of sp³-hybridized carbons (Fsp3) is 0.545. The van der Waals surface area contributed by atoms with Crippen LogP contribution in [-0.2, 0) is 28.2 Å². The van der Waals surface area contributed by atoms with Gasteiger partial charge in [0.2, 0.25) is 0 Å². The Labute approximate surface area is 186 Å². The molecule has 1 fully saturated rings. The van der Waals surface area contributed by atoms with Gasteiger partial charge in [-0.3, -0.25) is 14.4 Å². The Morgan fingerprint density at radius 2 is 2.06 bits per heavy atom. The summed E-state index contributed by atoms with van der Waals surface area (Å²) in [6.07, 6.45) is 4.53. The lowest BCUT2D eigenvalue weighted by Gasteiger charge is -2.39. The van der Waals surface area contributed by atoms with Crippen LogP contribution in [0.4, 0.5) is 0 Å². The molecule has 0 bridgehead atoms. The van der Waals surface area contributed by atoms with Crippen molar-refractivity contribution in [2.45, 2.75) is 44.6 Å². The highest BCUT2D eigenvalue weighted by molar-refractivity contribution is 6.30. The van der Waals surface area contributed by atoms with Crippen LogP contribution in [0.25, 0.3) is 0 Å². The maximum absolute atomic E-state index is 11.9. The third kappa shape index (κ3) is 4.36. The molecular formula is C22H29ClN4O4. The number of carbonyl (C=O) groups excluding carboxylic acids is 1. The van der Waals surface area contributed by atoms with E-state index in [1.165, 1.54) is 0 Å². The number of piperidine rings is 1. The Hall–Kier alpha value is -1.97. The largest absolute Gasteiger partial charge is 0.396 e. The van der Waals surface area contributed by atoms with Gasteiger partial charge in [0.25, 0.3) is 5.91 Å². The number of ether oxygens (including phenoxy) is 1. The summed E-state index contributed by atoms with van der Waals surface area (Å²) in [4.78, 5) is 14.3. The summed E-state index contributed by atoms with van der Waals surface area (Å²) < 4.78 is 8.00. The molecule has 2 aliphatic heterocycles. The number of amides is 1. The summed E-state index contributed by atoms with van der Waals surface area (Å²) in [7, 11) is 0. The summed E-state index contributed by atoms with van der Waals surface area (Å²) in [6, 6.07) is 5.51. The zero-order valence-corrected chi connectivity index (χ0v) is 18.4. The molecule has 2 aliphatic rings. The Morgan fingerprint density at radius 3 is 2.71 bits per heavy atom. The minimum Gasteiger partial charge on any atom is -0.396 e. The summed E-state index contributed by atoms with van der Waals surface area (Å²) >= 11 is 6.24. The average molecular weight is 449 g/mol. The van der Waals surface area contributed by atoms with E-state index in [2.05, 4.69) is 10.00 Å². The van der Waals surface area contributed by atoms with Crippen molar-refractivity contribution in [1.29, 1.82) is 0 Å². The number of benzene rings is 1. The fourth-order valence-electron chi connectivity index (χ4n) is 4.55. The van der Waals surface area contributed by atoms with E-state index >= 15 is 0 Å². The number of hydrogen-bond donors (Lipinski definition) is 3. The lowest BCUT2D eigenvalue weighted by atomic mass is 9.83. The number of aromatic nitrogens is 2. The molecular weight excluding hydrogens is 420 g/mol. The number of nitrogens with zero attached hydrogens (tertiary/aromatic N) is 3. The van der Waals surface area contributed by atoms with Crippen LogP contribution in [0.3, 0.4) is 0 Å². The molecule has 4 N–H and O–H groups in total. The second-order valence-corrected chi connectivity index (χ2v) is 9.51. The van der Waals surface area contributed by atoms with Gasteiger partial charge in [-0.05, 0) is 36.1 Å². The molecule has 1 aromatic carbocycles. The van der Waals surface area contributed by atoms with Gasteiger partial charge in [-0.25, -0.2) is 0 Å². The molecule has 31 heavy (non-hydrogen) atoms. The van der Waals surface area contributed by atoms with E-state index in [-0.39, 0.29) is 13.2 Å². The van der Waals surface area contributed by atoms with E-state index in [4.69, 9.17) is 22.1 Å². The first kappa shape index (κ1) is 22.2. The first-order valence-electron chi connectivity index (χ1n) is 10.5. The van der Waals surface area contributed by atoms with Crippen LogP contribution in [-0.4, -0.2) is 57.1 Å². The highest BCUT2D eigenvalue weighted by Gasteiger charge is 2.48. The van der Waals surface area contributed by atoms with E-state index in [9.17, 15) is 15.0 Å². The van der Waals surface area contributed by atoms with Crippen LogP contribution in [0.1, 0.15) is 42.6 Å². The molecule has 168 valence electrons.